The summed E-state index contributed by atoms with van der Waals surface area (Å²) in [6, 6.07) is -0.0579. The molecule has 0 unspecified atom stereocenters. The number of carboxylic acids is 1. The maximum absolute atomic E-state index is 12.4. The van der Waals surface area contributed by atoms with Crippen LogP contribution in [0.25, 0.3) is 0 Å². The summed E-state index contributed by atoms with van der Waals surface area (Å²) in [5, 5.41) is 18.5. The molecule has 21 heavy (non-hydrogen) atoms. The molecule has 0 aromatic carbocycles. The van der Waals surface area contributed by atoms with E-state index >= 15 is 0 Å². The molecule has 0 bridgehead atoms. The van der Waals surface area contributed by atoms with Crippen molar-refractivity contribution in [2.24, 2.45) is 0 Å². The third-order valence-corrected chi connectivity index (χ3v) is 3.51. The predicted molar refractivity (Wildman–Crippen MR) is 79.2 cm³/mol. The number of aliphatic hydroxyl groups is 1. The average Bonchev–Trinajstić information content (AvgIpc) is 2.41. The van der Waals surface area contributed by atoms with E-state index in [1.807, 2.05) is 6.92 Å². The Labute approximate surface area is 126 Å². The molecule has 1 heterocycles. The van der Waals surface area contributed by atoms with Crippen LogP contribution in [-0.2, 0) is 4.79 Å². The molecule has 2 N–H and O–H groups in total. The Balaban J connectivity index is 2.45. The number of carboxylic acid groups (broad SMARTS) is 1. The van der Waals surface area contributed by atoms with Crippen molar-refractivity contribution in [2.75, 3.05) is 45.8 Å². The van der Waals surface area contributed by atoms with E-state index < -0.39 is 11.6 Å². The van der Waals surface area contributed by atoms with Gasteiger partial charge in [-0.05, 0) is 20.8 Å². The van der Waals surface area contributed by atoms with Crippen molar-refractivity contribution in [1.29, 1.82) is 0 Å². The van der Waals surface area contributed by atoms with Crippen molar-refractivity contribution >= 4 is 12.0 Å². The lowest BCUT2D eigenvalue weighted by molar-refractivity contribution is -0.137. The van der Waals surface area contributed by atoms with Crippen LogP contribution in [0.1, 0.15) is 27.2 Å². The second-order valence-electron chi connectivity index (χ2n) is 6.08. The highest BCUT2D eigenvalue weighted by molar-refractivity contribution is 5.74. The highest BCUT2D eigenvalue weighted by Crippen LogP contribution is 2.10. The van der Waals surface area contributed by atoms with Gasteiger partial charge in [-0.15, -0.1) is 0 Å². The van der Waals surface area contributed by atoms with E-state index in [0.717, 1.165) is 0 Å². The Hall–Kier alpha value is -1.34. The Bertz CT molecular complexity index is 360. The Morgan fingerprint density at radius 3 is 2.19 bits per heavy atom. The van der Waals surface area contributed by atoms with Crippen LogP contribution in [0.4, 0.5) is 4.79 Å². The minimum atomic E-state index is -0.908. The zero-order chi connectivity index (χ0) is 16.0. The van der Waals surface area contributed by atoms with E-state index in [0.29, 0.717) is 45.8 Å². The summed E-state index contributed by atoms with van der Waals surface area (Å²) in [4.78, 5) is 28.4. The molecule has 1 fully saturated rings. The van der Waals surface area contributed by atoms with Crippen LogP contribution >= 0.6 is 0 Å². The quantitative estimate of drug-likeness (QED) is 0.737. The van der Waals surface area contributed by atoms with Gasteiger partial charge in [0.25, 0.3) is 0 Å². The summed E-state index contributed by atoms with van der Waals surface area (Å²) < 4.78 is 0. The molecule has 7 heteroatoms. The first-order valence-corrected chi connectivity index (χ1v) is 7.43. The van der Waals surface area contributed by atoms with E-state index in [4.69, 9.17) is 5.11 Å². The first kappa shape index (κ1) is 17.7. The van der Waals surface area contributed by atoms with Gasteiger partial charge < -0.3 is 20.0 Å². The van der Waals surface area contributed by atoms with Crippen LogP contribution < -0.4 is 0 Å². The SMILES string of the molecule is CCN(CC(C)(C)O)C(=O)N1CCN(CCC(=O)O)CC1. The summed E-state index contributed by atoms with van der Waals surface area (Å²) in [5.74, 6) is -0.796. The lowest BCUT2D eigenvalue weighted by atomic mass is 10.1. The fourth-order valence-corrected chi connectivity index (χ4v) is 2.40. The Kier molecular flexibility index (Phi) is 6.42. The molecule has 0 saturated carbocycles. The van der Waals surface area contributed by atoms with Crippen LogP contribution in [0.2, 0.25) is 0 Å². The first-order valence-electron chi connectivity index (χ1n) is 7.43. The molecule has 1 saturated heterocycles. The van der Waals surface area contributed by atoms with Crippen LogP contribution in [0.5, 0.6) is 0 Å². The van der Waals surface area contributed by atoms with E-state index in [9.17, 15) is 14.7 Å². The molecule has 1 aliphatic rings. The first-order chi connectivity index (χ1) is 9.73. The largest absolute Gasteiger partial charge is 0.481 e. The van der Waals surface area contributed by atoms with E-state index in [1.54, 1.807) is 23.6 Å². The fourth-order valence-electron chi connectivity index (χ4n) is 2.40. The lowest BCUT2D eigenvalue weighted by Gasteiger charge is -2.38. The Morgan fingerprint density at radius 1 is 1.19 bits per heavy atom. The molecule has 0 aromatic heterocycles. The van der Waals surface area contributed by atoms with Gasteiger partial charge in [-0.2, -0.15) is 0 Å². The van der Waals surface area contributed by atoms with E-state index in [2.05, 4.69) is 4.90 Å². The van der Waals surface area contributed by atoms with Crippen molar-refractivity contribution in [3.63, 3.8) is 0 Å². The third-order valence-electron chi connectivity index (χ3n) is 3.51. The van der Waals surface area contributed by atoms with Crippen LogP contribution in [0, 0.1) is 0 Å². The van der Waals surface area contributed by atoms with Gasteiger partial charge in [-0.3, -0.25) is 9.69 Å². The lowest BCUT2D eigenvalue weighted by Crippen LogP contribution is -2.54. The standard InChI is InChI=1S/C14H27N3O4/c1-4-16(11-14(2,3)21)13(20)17-9-7-15(8-10-17)6-5-12(18)19/h21H,4-11H2,1-3H3,(H,18,19). The normalized spacial score (nSPS) is 16.9. The monoisotopic (exact) mass is 301 g/mol. The fraction of sp³-hybridized carbons (Fsp3) is 0.857. The van der Waals surface area contributed by atoms with Crippen molar-refractivity contribution in [1.82, 2.24) is 14.7 Å². The molecule has 1 aliphatic heterocycles. The van der Waals surface area contributed by atoms with Crippen molar-refractivity contribution in [3.8, 4) is 0 Å². The van der Waals surface area contributed by atoms with Gasteiger partial charge in [0.1, 0.15) is 0 Å². The highest BCUT2D eigenvalue weighted by Gasteiger charge is 2.27. The third kappa shape index (κ3) is 6.31. The van der Waals surface area contributed by atoms with E-state index in [1.165, 1.54) is 0 Å². The van der Waals surface area contributed by atoms with Crippen LogP contribution in [0.15, 0.2) is 0 Å². The zero-order valence-corrected chi connectivity index (χ0v) is 13.2. The number of nitrogens with zero attached hydrogens (tertiary/aromatic N) is 3. The number of likely N-dealkylation sites (N-methyl/N-ethyl adjacent to an activating group) is 1. The van der Waals surface area contributed by atoms with E-state index in [-0.39, 0.29) is 12.5 Å². The summed E-state index contributed by atoms with van der Waals surface area (Å²) in [6.45, 7) is 9.24. The molecule has 2 amide bonds. The number of carbonyl (C=O) groups excluding carboxylic acids is 1. The smallest absolute Gasteiger partial charge is 0.320 e. The van der Waals surface area contributed by atoms with Crippen molar-refractivity contribution < 1.29 is 19.8 Å². The van der Waals surface area contributed by atoms with Crippen molar-refractivity contribution in [3.05, 3.63) is 0 Å². The number of carbonyl (C=O) groups is 2. The number of hydrogen-bond donors (Lipinski definition) is 2. The van der Waals surface area contributed by atoms with Crippen molar-refractivity contribution in [2.45, 2.75) is 32.8 Å². The number of rotatable bonds is 6. The topological polar surface area (TPSA) is 84.3 Å². The Morgan fingerprint density at radius 2 is 1.76 bits per heavy atom. The molecular formula is C14H27N3O4. The zero-order valence-electron chi connectivity index (χ0n) is 13.2. The van der Waals surface area contributed by atoms with Gasteiger partial charge >= 0.3 is 12.0 Å². The number of hydrogen-bond acceptors (Lipinski definition) is 4. The molecule has 0 aromatic rings. The second-order valence-corrected chi connectivity index (χ2v) is 6.08. The molecule has 7 nitrogen and oxygen atoms in total. The summed E-state index contributed by atoms with van der Waals surface area (Å²) in [7, 11) is 0. The van der Waals surface area contributed by atoms with Crippen LogP contribution in [-0.4, -0.2) is 88.3 Å². The number of amides is 2. The van der Waals surface area contributed by atoms with Gasteiger partial charge in [0.15, 0.2) is 0 Å². The van der Waals surface area contributed by atoms with Gasteiger partial charge in [-0.1, -0.05) is 0 Å². The number of piperazine rings is 1. The minimum Gasteiger partial charge on any atom is -0.481 e. The maximum atomic E-state index is 12.4. The molecular weight excluding hydrogens is 274 g/mol. The maximum Gasteiger partial charge on any atom is 0.320 e. The van der Waals surface area contributed by atoms with Gasteiger partial charge in [0, 0.05) is 39.3 Å². The molecule has 0 atom stereocenters. The molecule has 0 spiro atoms. The summed E-state index contributed by atoms with van der Waals surface area (Å²) in [5.41, 5.74) is -0.908. The molecule has 0 aliphatic carbocycles. The molecule has 0 radical (unpaired) electrons. The van der Waals surface area contributed by atoms with Gasteiger partial charge in [0.2, 0.25) is 0 Å². The summed E-state index contributed by atoms with van der Waals surface area (Å²) in [6.07, 6.45) is 0.133. The minimum absolute atomic E-state index is 0.0579. The van der Waals surface area contributed by atoms with Gasteiger partial charge in [-0.25, -0.2) is 4.79 Å². The molecule has 1 rings (SSSR count). The predicted octanol–water partition coefficient (Wildman–Crippen LogP) is 0.292. The van der Waals surface area contributed by atoms with Gasteiger partial charge in [0.05, 0.1) is 18.6 Å². The second kappa shape index (κ2) is 7.61. The summed E-state index contributed by atoms with van der Waals surface area (Å²) >= 11 is 0. The molecule has 122 valence electrons. The average molecular weight is 301 g/mol. The number of aliphatic carboxylic acids is 1. The number of urea groups is 1. The highest BCUT2D eigenvalue weighted by atomic mass is 16.4. The van der Waals surface area contributed by atoms with Crippen LogP contribution in [0.3, 0.4) is 0 Å².